The van der Waals surface area contributed by atoms with E-state index < -0.39 is 17.7 Å². The first-order valence-electron chi connectivity index (χ1n) is 11.8. The molecule has 3 heterocycles. The van der Waals surface area contributed by atoms with Crippen LogP contribution in [0.3, 0.4) is 0 Å². The normalized spacial score (nSPS) is 20.2. The van der Waals surface area contributed by atoms with E-state index in [-0.39, 0.29) is 22.5 Å². The molecule has 10 heteroatoms. The number of halogens is 2. The number of carbonyl (C=O) groups is 2. The molecule has 0 spiro atoms. The highest BCUT2D eigenvalue weighted by molar-refractivity contribution is 7.22. The molecule has 2 aliphatic rings. The van der Waals surface area contributed by atoms with Crippen molar-refractivity contribution >= 4 is 67.3 Å². The number of hydrogen-bond acceptors (Lipinski definition) is 7. The van der Waals surface area contributed by atoms with Crippen molar-refractivity contribution in [2.45, 2.75) is 25.5 Å². The number of benzene rings is 3. The smallest absolute Gasteiger partial charge is 0.301 e. The second kappa shape index (κ2) is 9.31. The molecule has 1 N–H and O–H groups in total. The van der Waals surface area contributed by atoms with Crippen LogP contribution in [0.25, 0.3) is 16.0 Å². The number of amides is 1. The summed E-state index contributed by atoms with van der Waals surface area (Å²) in [6.07, 6.45) is 0.692. The van der Waals surface area contributed by atoms with Gasteiger partial charge in [0.1, 0.15) is 23.4 Å². The summed E-state index contributed by atoms with van der Waals surface area (Å²) < 4.78 is 11.9. The number of hydrogen-bond donors (Lipinski definition) is 1. The van der Waals surface area contributed by atoms with Crippen LogP contribution in [0.5, 0.6) is 11.5 Å². The first kappa shape index (κ1) is 24.7. The Labute approximate surface area is 231 Å². The van der Waals surface area contributed by atoms with Crippen LogP contribution in [0, 0.1) is 0 Å². The van der Waals surface area contributed by atoms with Crippen molar-refractivity contribution in [2.24, 2.45) is 0 Å². The Morgan fingerprint density at radius 1 is 1.11 bits per heavy atom. The summed E-state index contributed by atoms with van der Waals surface area (Å²) in [6.45, 7) is 1.96. The SMILES string of the molecule is COc1ccc2nc(N3C(=O)C(=O)/C(=C(/O)c4ccc5c(c4)C[C@@H](C)O5)[C@@H]3c3ccc(Cl)c(Cl)c3)sc2c1. The van der Waals surface area contributed by atoms with Gasteiger partial charge in [0, 0.05) is 12.0 Å². The first-order chi connectivity index (χ1) is 18.2. The predicted molar refractivity (Wildman–Crippen MR) is 148 cm³/mol. The van der Waals surface area contributed by atoms with Gasteiger partial charge in [-0.15, -0.1) is 0 Å². The van der Waals surface area contributed by atoms with E-state index in [4.69, 9.17) is 32.7 Å². The van der Waals surface area contributed by atoms with Crippen LogP contribution in [0.15, 0.2) is 60.2 Å². The second-order valence-electron chi connectivity index (χ2n) is 9.13. The molecule has 1 fully saturated rings. The van der Waals surface area contributed by atoms with Gasteiger partial charge < -0.3 is 14.6 Å². The average Bonchev–Trinajstić information content (AvgIpc) is 3.57. The lowest BCUT2D eigenvalue weighted by atomic mass is 9.94. The van der Waals surface area contributed by atoms with E-state index in [1.807, 2.05) is 13.0 Å². The maximum atomic E-state index is 13.5. The molecule has 192 valence electrons. The summed E-state index contributed by atoms with van der Waals surface area (Å²) in [6, 6.07) is 14.5. The number of rotatable bonds is 4. The van der Waals surface area contributed by atoms with E-state index in [1.165, 1.54) is 16.2 Å². The van der Waals surface area contributed by atoms with Crippen LogP contribution in [-0.4, -0.2) is 35.0 Å². The van der Waals surface area contributed by atoms with Gasteiger partial charge in [-0.3, -0.25) is 14.5 Å². The summed E-state index contributed by atoms with van der Waals surface area (Å²) in [5, 5.41) is 12.4. The molecule has 0 unspecified atom stereocenters. The second-order valence-corrected chi connectivity index (χ2v) is 11.0. The molecule has 1 saturated heterocycles. The molecular weight excluding hydrogens is 547 g/mol. The zero-order chi connectivity index (χ0) is 26.7. The molecule has 4 aromatic rings. The largest absolute Gasteiger partial charge is 0.507 e. The van der Waals surface area contributed by atoms with Gasteiger partial charge >= 0.3 is 5.91 Å². The Hall–Kier alpha value is -3.59. The van der Waals surface area contributed by atoms with Gasteiger partial charge in [0.25, 0.3) is 5.78 Å². The summed E-state index contributed by atoms with van der Waals surface area (Å²) >= 11 is 13.7. The van der Waals surface area contributed by atoms with Crippen molar-refractivity contribution < 1.29 is 24.2 Å². The fraction of sp³-hybridized carbons (Fsp3) is 0.179. The van der Waals surface area contributed by atoms with Crippen molar-refractivity contribution in [1.82, 2.24) is 4.98 Å². The van der Waals surface area contributed by atoms with Crippen molar-refractivity contribution in [1.29, 1.82) is 0 Å². The fourth-order valence-electron chi connectivity index (χ4n) is 4.88. The topological polar surface area (TPSA) is 89.0 Å². The number of anilines is 1. The quantitative estimate of drug-likeness (QED) is 0.171. The zero-order valence-electron chi connectivity index (χ0n) is 20.2. The van der Waals surface area contributed by atoms with E-state index in [0.717, 1.165) is 16.0 Å². The summed E-state index contributed by atoms with van der Waals surface area (Å²) in [5.41, 5.74) is 2.43. The molecule has 1 amide bonds. The molecule has 38 heavy (non-hydrogen) atoms. The number of aliphatic hydroxyl groups excluding tert-OH is 1. The third-order valence-electron chi connectivity index (χ3n) is 6.66. The molecule has 2 aliphatic heterocycles. The number of nitrogens with zero attached hydrogens (tertiary/aromatic N) is 2. The number of ketones is 1. The van der Waals surface area contributed by atoms with Crippen LogP contribution in [0.1, 0.15) is 29.7 Å². The maximum Gasteiger partial charge on any atom is 0.301 e. The van der Waals surface area contributed by atoms with Gasteiger partial charge in [-0.05, 0) is 66.6 Å². The Balaban J connectivity index is 1.54. The van der Waals surface area contributed by atoms with Crippen molar-refractivity contribution in [3.8, 4) is 11.5 Å². The Kier molecular flexibility index (Phi) is 6.06. The molecule has 6 rings (SSSR count). The number of aliphatic hydroxyl groups is 1. The van der Waals surface area contributed by atoms with E-state index in [2.05, 4.69) is 4.98 Å². The number of methoxy groups -OCH3 is 1. The Bertz CT molecular complexity index is 1680. The van der Waals surface area contributed by atoms with Gasteiger partial charge in [0.15, 0.2) is 5.13 Å². The molecule has 1 aromatic heterocycles. The van der Waals surface area contributed by atoms with Crippen molar-refractivity contribution in [3.63, 3.8) is 0 Å². The maximum absolute atomic E-state index is 13.5. The van der Waals surface area contributed by atoms with Crippen LogP contribution < -0.4 is 14.4 Å². The summed E-state index contributed by atoms with van der Waals surface area (Å²) in [7, 11) is 1.57. The lowest BCUT2D eigenvalue weighted by molar-refractivity contribution is -0.132. The Morgan fingerprint density at radius 3 is 2.68 bits per heavy atom. The fourth-order valence-corrected chi connectivity index (χ4v) is 6.20. The standard InChI is InChI=1S/C28H20Cl2N2O5S/c1-13-9-16-10-15(4-8-21(16)37-13)25(33)23-24(14-3-6-18(29)19(30)11-14)32(27(35)26(23)34)28-31-20-7-5-17(36-2)12-22(20)38-28/h3-8,10-13,24,33H,9H2,1-2H3/b25-23+/t13-,24+/m1/s1. The van der Waals surface area contributed by atoms with Crippen LogP contribution in [-0.2, 0) is 16.0 Å². The van der Waals surface area contributed by atoms with E-state index >= 15 is 0 Å². The van der Waals surface area contributed by atoms with E-state index in [9.17, 15) is 14.7 Å². The van der Waals surface area contributed by atoms with E-state index in [1.54, 1.807) is 55.6 Å². The number of ether oxygens (including phenoxy) is 2. The van der Waals surface area contributed by atoms with Crippen LogP contribution >= 0.6 is 34.5 Å². The van der Waals surface area contributed by atoms with Gasteiger partial charge in [-0.2, -0.15) is 0 Å². The first-order valence-corrected chi connectivity index (χ1v) is 13.3. The van der Waals surface area contributed by atoms with Crippen molar-refractivity contribution in [2.75, 3.05) is 12.0 Å². The lowest BCUT2D eigenvalue weighted by Gasteiger charge is -2.23. The molecule has 0 bridgehead atoms. The predicted octanol–water partition coefficient (Wildman–Crippen LogP) is 6.56. The number of thiazole rings is 1. The number of Topliss-reactive ketones (excluding diaryl/α,β-unsaturated/α-hetero) is 1. The number of aromatic nitrogens is 1. The van der Waals surface area contributed by atoms with E-state index in [0.29, 0.717) is 39.0 Å². The number of fused-ring (bicyclic) bond motifs is 2. The highest BCUT2D eigenvalue weighted by atomic mass is 35.5. The van der Waals surface area contributed by atoms with Gasteiger partial charge in [0.05, 0.1) is 39.0 Å². The average molecular weight is 567 g/mol. The molecule has 0 aliphatic carbocycles. The lowest BCUT2D eigenvalue weighted by Crippen LogP contribution is -2.29. The van der Waals surface area contributed by atoms with Gasteiger partial charge in [0.2, 0.25) is 0 Å². The highest BCUT2D eigenvalue weighted by Gasteiger charge is 2.48. The van der Waals surface area contributed by atoms with Crippen LogP contribution in [0.4, 0.5) is 5.13 Å². The monoisotopic (exact) mass is 566 g/mol. The van der Waals surface area contributed by atoms with Gasteiger partial charge in [-0.25, -0.2) is 4.98 Å². The molecule has 2 atom stereocenters. The van der Waals surface area contributed by atoms with Crippen LogP contribution in [0.2, 0.25) is 10.0 Å². The molecule has 7 nitrogen and oxygen atoms in total. The summed E-state index contributed by atoms with van der Waals surface area (Å²) in [5.74, 6) is -0.523. The number of carbonyl (C=O) groups excluding carboxylic acids is 2. The van der Waals surface area contributed by atoms with Crippen molar-refractivity contribution in [3.05, 3.63) is 86.9 Å². The highest BCUT2D eigenvalue weighted by Crippen LogP contribution is 2.46. The molecule has 0 radical (unpaired) electrons. The minimum Gasteiger partial charge on any atom is -0.507 e. The van der Waals surface area contributed by atoms with Gasteiger partial charge in [-0.1, -0.05) is 40.6 Å². The molecule has 0 saturated carbocycles. The minimum atomic E-state index is -0.976. The third-order valence-corrected chi connectivity index (χ3v) is 8.42. The third kappa shape index (κ3) is 4.00. The minimum absolute atomic E-state index is 0.0156. The molecular formula is C28H20Cl2N2O5S. The Morgan fingerprint density at radius 2 is 1.92 bits per heavy atom. The summed E-state index contributed by atoms with van der Waals surface area (Å²) in [4.78, 5) is 33.0. The molecule has 3 aromatic carbocycles. The zero-order valence-corrected chi connectivity index (χ0v) is 22.5.